The van der Waals surface area contributed by atoms with Crippen molar-refractivity contribution >= 4 is 17.8 Å². The van der Waals surface area contributed by atoms with Crippen molar-refractivity contribution in [2.75, 3.05) is 19.8 Å². The van der Waals surface area contributed by atoms with Crippen molar-refractivity contribution in [1.82, 2.24) is 5.32 Å². The second-order valence-electron chi connectivity index (χ2n) is 4.79. The highest BCUT2D eigenvalue weighted by Crippen LogP contribution is 2.13. The van der Waals surface area contributed by atoms with Crippen LogP contribution in [0.2, 0.25) is 0 Å². The van der Waals surface area contributed by atoms with Crippen molar-refractivity contribution in [3.8, 4) is 5.75 Å². The molecule has 0 aromatic heterocycles. The van der Waals surface area contributed by atoms with Crippen LogP contribution in [0, 0.1) is 0 Å². The number of benzene rings is 1. The van der Waals surface area contributed by atoms with Gasteiger partial charge in [-0.2, -0.15) is 0 Å². The molecule has 0 fully saturated rings. The summed E-state index contributed by atoms with van der Waals surface area (Å²) in [4.78, 5) is 35.5. The van der Waals surface area contributed by atoms with Crippen molar-refractivity contribution in [3.05, 3.63) is 29.8 Å². The van der Waals surface area contributed by atoms with Gasteiger partial charge in [-0.1, -0.05) is 19.1 Å². The van der Waals surface area contributed by atoms with E-state index in [0.717, 1.165) is 12.0 Å². The Morgan fingerprint density at radius 2 is 1.67 bits per heavy atom. The smallest absolute Gasteiger partial charge is 0.340 e. The monoisotopic (exact) mass is 337 g/mol. The molecule has 7 heteroatoms. The first-order valence-electron chi connectivity index (χ1n) is 7.86. The average Bonchev–Trinajstić information content (AvgIpc) is 2.58. The molecular formula is C17H23NO6. The lowest BCUT2D eigenvalue weighted by atomic mass is 10.2. The zero-order valence-corrected chi connectivity index (χ0v) is 14.2. The number of nitrogens with one attached hydrogen (secondary N) is 1. The summed E-state index contributed by atoms with van der Waals surface area (Å²) in [5, 5.41) is 2.27. The molecular weight excluding hydrogens is 314 g/mol. The van der Waals surface area contributed by atoms with E-state index in [-0.39, 0.29) is 19.8 Å². The number of esters is 2. The Bertz CT molecular complexity index is 554. The Morgan fingerprint density at radius 3 is 2.21 bits per heavy atom. The lowest BCUT2D eigenvalue weighted by molar-refractivity contribution is -0.159. The number of amides is 1. The highest BCUT2D eigenvalue weighted by atomic mass is 16.6. The Labute approximate surface area is 141 Å². The van der Waals surface area contributed by atoms with Crippen molar-refractivity contribution in [1.29, 1.82) is 0 Å². The Kier molecular flexibility index (Phi) is 8.32. The van der Waals surface area contributed by atoms with Crippen LogP contribution < -0.4 is 10.1 Å². The molecule has 0 radical (unpaired) electrons. The quantitative estimate of drug-likeness (QED) is 0.538. The van der Waals surface area contributed by atoms with E-state index >= 15 is 0 Å². The van der Waals surface area contributed by atoms with Gasteiger partial charge in [-0.25, -0.2) is 9.59 Å². The number of ether oxygens (including phenoxy) is 3. The topological polar surface area (TPSA) is 90.9 Å². The molecule has 24 heavy (non-hydrogen) atoms. The molecule has 132 valence electrons. The van der Waals surface area contributed by atoms with Gasteiger partial charge in [0.2, 0.25) is 6.04 Å². The van der Waals surface area contributed by atoms with E-state index in [0.29, 0.717) is 5.75 Å². The molecule has 0 bridgehead atoms. The minimum absolute atomic E-state index is 0.0882. The number of hydrogen-bond donors (Lipinski definition) is 1. The summed E-state index contributed by atoms with van der Waals surface area (Å²) in [7, 11) is 0. The van der Waals surface area contributed by atoms with E-state index in [9.17, 15) is 14.4 Å². The van der Waals surface area contributed by atoms with E-state index in [2.05, 4.69) is 5.32 Å². The summed E-state index contributed by atoms with van der Waals surface area (Å²) in [6.07, 6.45) is 0.844. The van der Waals surface area contributed by atoms with Crippen molar-refractivity contribution < 1.29 is 28.6 Å². The molecule has 0 aliphatic heterocycles. The van der Waals surface area contributed by atoms with Crippen LogP contribution in [0.1, 0.15) is 26.3 Å². The van der Waals surface area contributed by atoms with Crippen LogP contribution in [0.25, 0.3) is 0 Å². The zero-order chi connectivity index (χ0) is 17.9. The lowest BCUT2D eigenvalue weighted by Crippen LogP contribution is -2.49. The van der Waals surface area contributed by atoms with Gasteiger partial charge in [0, 0.05) is 0 Å². The number of carbonyl (C=O) groups excluding carboxylic acids is 3. The third-order valence-electron chi connectivity index (χ3n) is 3.03. The van der Waals surface area contributed by atoms with Crippen LogP contribution in [-0.4, -0.2) is 43.7 Å². The minimum Gasteiger partial charge on any atom is -0.484 e. The number of aryl methyl sites for hydroxylation is 1. The van der Waals surface area contributed by atoms with Gasteiger partial charge in [-0.3, -0.25) is 4.79 Å². The van der Waals surface area contributed by atoms with Gasteiger partial charge in [-0.15, -0.1) is 0 Å². The average molecular weight is 337 g/mol. The largest absolute Gasteiger partial charge is 0.484 e. The Balaban J connectivity index is 2.63. The predicted molar refractivity (Wildman–Crippen MR) is 86.5 cm³/mol. The maximum atomic E-state index is 11.9. The van der Waals surface area contributed by atoms with E-state index in [1.807, 2.05) is 25.1 Å². The van der Waals surface area contributed by atoms with Gasteiger partial charge in [0.1, 0.15) is 5.75 Å². The summed E-state index contributed by atoms with van der Waals surface area (Å²) >= 11 is 0. The molecule has 0 aliphatic rings. The molecule has 1 aromatic carbocycles. The zero-order valence-electron chi connectivity index (χ0n) is 14.2. The summed E-state index contributed by atoms with van der Waals surface area (Å²) in [5.41, 5.74) is 1.07. The van der Waals surface area contributed by atoms with Gasteiger partial charge < -0.3 is 19.5 Å². The number of hydrogen-bond acceptors (Lipinski definition) is 6. The van der Waals surface area contributed by atoms with E-state index in [1.54, 1.807) is 19.9 Å². The molecule has 0 heterocycles. The fraction of sp³-hybridized carbons (Fsp3) is 0.471. The lowest BCUT2D eigenvalue weighted by Gasteiger charge is -2.16. The Morgan fingerprint density at radius 1 is 1.04 bits per heavy atom. The summed E-state index contributed by atoms with van der Waals surface area (Å²) in [6.45, 7) is 5.06. The first-order chi connectivity index (χ1) is 11.5. The standard InChI is InChI=1S/C17H23NO6/c1-4-12-8-7-9-13(10-12)24-11-14(19)18-15(16(20)22-5-2)17(21)23-6-3/h7-10,15H,4-6,11H2,1-3H3,(H,18,19). The van der Waals surface area contributed by atoms with Crippen molar-refractivity contribution in [2.24, 2.45) is 0 Å². The summed E-state index contributed by atoms with van der Waals surface area (Å²) in [6, 6.07) is 5.82. The van der Waals surface area contributed by atoms with E-state index < -0.39 is 23.9 Å². The first kappa shape index (κ1) is 19.5. The van der Waals surface area contributed by atoms with Crippen LogP contribution in [0.4, 0.5) is 0 Å². The summed E-state index contributed by atoms with van der Waals surface area (Å²) < 4.78 is 14.9. The molecule has 0 aliphatic carbocycles. The van der Waals surface area contributed by atoms with Gasteiger partial charge in [0.25, 0.3) is 5.91 Å². The molecule has 7 nitrogen and oxygen atoms in total. The van der Waals surface area contributed by atoms with Gasteiger partial charge >= 0.3 is 11.9 Å². The maximum Gasteiger partial charge on any atom is 0.340 e. The second kappa shape index (κ2) is 10.3. The minimum atomic E-state index is -1.50. The molecule has 0 unspecified atom stereocenters. The first-order valence-corrected chi connectivity index (χ1v) is 7.86. The van der Waals surface area contributed by atoms with Gasteiger partial charge in [-0.05, 0) is 38.0 Å². The fourth-order valence-electron chi connectivity index (χ4n) is 1.87. The molecule has 0 saturated carbocycles. The third-order valence-corrected chi connectivity index (χ3v) is 3.03. The highest BCUT2D eigenvalue weighted by Gasteiger charge is 2.31. The molecule has 1 rings (SSSR count). The van der Waals surface area contributed by atoms with Crippen LogP contribution >= 0.6 is 0 Å². The van der Waals surface area contributed by atoms with Crippen LogP contribution in [0.15, 0.2) is 24.3 Å². The maximum absolute atomic E-state index is 11.9. The van der Waals surface area contributed by atoms with Crippen molar-refractivity contribution in [2.45, 2.75) is 33.2 Å². The molecule has 1 aromatic rings. The molecule has 0 spiro atoms. The fourth-order valence-corrected chi connectivity index (χ4v) is 1.87. The number of rotatable bonds is 9. The second-order valence-corrected chi connectivity index (χ2v) is 4.79. The van der Waals surface area contributed by atoms with Crippen LogP contribution in [0.5, 0.6) is 5.75 Å². The SMILES string of the molecule is CCOC(=O)C(NC(=O)COc1cccc(CC)c1)C(=O)OCC. The molecule has 0 atom stereocenters. The Hall–Kier alpha value is -2.57. The molecule has 0 saturated heterocycles. The van der Waals surface area contributed by atoms with Crippen LogP contribution in [0.3, 0.4) is 0 Å². The normalized spacial score (nSPS) is 10.2. The van der Waals surface area contributed by atoms with Gasteiger partial charge in [0.15, 0.2) is 6.61 Å². The predicted octanol–water partition coefficient (Wildman–Crippen LogP) is 1.24. The van der Waals surface area contributed by atoms with Gasteiger partial charge in [0.05, 0.1) is 13.2 Å². The third kappa shape index (κ3) is 6.28. The number of carbonyl (C=O) groups is 3. The van der Waals surface area contributed by atoms with E-state index in [1.165, 1.54) is 0 Å². The highest BCUT2D eigenvalue weighted by molar-refractivity contribution is 6.02. The summed E-state index contributed by atoms with van der Waals surface area (Å²) in [5.74, 6) is -1.81. The molecule has 1 N–H and O–H groups in total. The molecule has 1 amide bonds. The van der Waals surface area contributed by atoms with Crippen LogP contribution in [-0.2, 0) is 30.3 Å². The van der Waals surface area contributed by atoms with E-state index in [4.69, 9.17) is 14.2 Å². The van der Waals surface area contributed by atoms with Crippen molar-refractivity contribution in [3.63, 3.8) is 0 Å².